The van der Waals surface area contributed by atoms with Gasteiger partial charge in [0.1, 0.15) is 5.75 Å². The van der Waals surface area contributed by atoms with Gasteiger partial charge in [0.15, 0.2) is 0 Å². The third-order valence-electron chi connectivity index (χ3n) is 4.75. The largest absolute Gasteiger partial charge is 0.494 e. The number of ether oxygens (including phenoxy) is 1. The fraction of sp³-hybridized carbons (Fsp3) is 0.667. The van der Waals surface area contributed by atoms with Crippen LogP contribution < -0.4 is 10.1 Å². The SMILES string of the molecule is CCOc1ccc(CNCC2(N(C)C)CCCCC2)cc1. The number of nitrogens with one attached hydrogen (secondary N) is 1. The summed E-state index contributed by atoms with van der Waals surface area (Å²) in [7, 11) is 4.45. The molecule has 1 aromatic carbocycles. The van der Waals surface area contributed by atoms with Crippen LogP contribution in [0.2, 0.25) is 0 Å². The topological polar surface area (TPSA) is 24.5 Å². The van der Waals surface area contributed by atoms with Gasteiger partial charge in [-0.1, -0.05) is 31.4 Å². The van der Waals surface area contributed by atoms with Crippen LogP contribution in [0, 0.1) is 0 Å². The first-order chi connectivity index (χ1) is 10.2. The van der Waals surface area contributed by atoms with Crippen LogP contribution in [0.25, 0.3) is 0 Å². The van der Waals surface area contributed by atoms with Crippen LogP contribution in [-0.4, -0.2) is 37.7 Å². The van der Waals surface area contributed by atoms with Crippen molar-refractivity contribution in [2.75, 3.05) is 27.2 Å². The Bertz CT molecular complexity index is 408. The first-order valence-electron chi connectivity index (χ1n) is 8.26. The van der Waals surface area contributed by atoms with Crippen molar-refractivity contribution in [1.29, 1.82) is 0 Å². The molecule has 1 aliphatic rings. The highest BCUT2D eigenvalue weighted by Crippen LogP contribution is 2.31. The molecule has 1 aromatic rings. The van der Waals surface area contributed by atoms with E-state index in [0.717, 1.165) is 25.4 Å². The minimum absolute atomic E-state index is 0.351. The molecule has 1 saturated carbocycles. The van der Waals surface area contributed by atoms with E-state index in [1.54, 1.807) is 0 Å². The Kier molecular flexibility index (Phi) is 6.07. The van der Waals surface area contributed by atoms with E-state index in [9.17, 15) is 0 Å². The van der Waals surface area contributed by atoms with Crippen molar-refractivity contribution in [1.82, 2.24) is 10.2 Å². The predicted molar refractivity (Wildman–Crippen MR) is 88.8 cm³/mol. The average molecular weight is 290 g/mol. The average Bonchev–Trinajstić information content (AvgIpc) is 2.50. The standard InChI is InChI=1S/C18H30N2O/c1-4-21-17-10-8-16(9-11-17)14-19-15-18(20(2)3)12-6-5-7-13-18/h8-11,19H,4-7,12-15H2,1-3H3. The highest BCUT2D eigenvalue weighted by molar-refractivity contribution is 5.27. The summed E-state index contributed by atoms with van der Waals surface area (Å²) in [5.74, 6) is 0.957. The lowest BCUT2D eigenvalue weighted by Crippen LogP contribution is -2.52. The number of likely N-dealkylation sites (N-methyl/N-ethyl adjacent to an activating group) is 1. The molecule has 0 heterocycles. The molecule has 0 atom stereocenters. The molecule has 1 fully saturated rings. The van der Waals surface area contributed by atoms with Crippen LogP contribution in [-0.2, 0) is 6.54 Å². The van der Waals surface area contributed by atoms with E-state index >= 15 is 0 Å². The van der Waals surface area contributed by atoms with Gasteiger partial charge in [0.2, 0.25) is 0 Å². The van der Waals surface area contributed by atoms with Crippen molar-refractivity contribution in [3.8, 4) is 5.75 Å². The first-order valence-corrected chi connectivity index (χ1v) is 8.26. The molecule has 1 N–H and O–H groups in total. The summed E-state index contributed by atoms with van der Waals surface area (Å²) in [4.78, 5) is 2.43. The van der Waals surface area contributed by atoms with E-state index in [1.165, 1.54) is 37.7 Å². The predicted octanol–water partition coefficient (Wildman–Crippen LogP) is 3.44. The van der Waals surface area contributed by atoms with E-state index < -0.39 is 0 Å². The van der Waals surface area contributed by atoms with Crippen molar-refractivity contribution in [3.05, 3.63) is 29.8 Å². The Morgan fingerprint density at radius 1 is 1.10 bits per heavy atom. The summed E-state index contributed by atoms with van der Waals surface area (Å²) >= 11 is 0. The van der Waals surface area contributed by atoms with E-state index in [-0.39, 0.29) is 0 Å². The summed E-state index contributed by atoms with van der Waals surface area (Å²) < 4.78 is 5.48. The minimum atomic E-state index is 0.351. The zero-order valence-electron chi connectivity index (χ0n) is 13.8. The van der Waals surface area contributed by atoms with Crippen molar-refractivity contribution in [2.45, 2.75) is 51.1 Å². The van der Waals surface area contributed by atoms with Crippen molar-refractivity contribution in [3.63, 3.8) is 0 Å². The summed E-state index contributed by atoms with van der Waals surface area (Å²) in [6, 6.07) is 8.42. The van der Waals surface area contributed by atoms with Gasteiger partial charge >= 0.3 is 0 Å². The number of rotatable bonds is 7. The molecule has 118 valence electrons. The van der Waals surface area contributed by atoms with Crippen LogP contribution in [0.5, 0.6) is 5.75 Å². The monoisotopic (exact) mass is 290 g/mol. The number of nitrogens with zero attached hydrogens (tertiary/aromatic N) is 1. The summed E-state index contributed by atoms with van der Waals surface area (Å²) in [6.07, 6.45) is 6.76. The number of hydrogen-bond donors (Lipinski definition) is 1. The van der Waals surface area contributed by atoms with E-state index in [4.69, 9.17) is 4.74 Å². The Morgan fingerprint density at radius 3 is 2.33 bits per heavy atom. The van der Waals surface area contributed by atoms with Crippen LogP contribution in [0.1, 0.15) is 44.6 Å². The lowest BCUT2D eigenvalue weighted by atomic mass is 9.80. The van der Waals surface area contributed by atoms with Gasteiger partial charge in [0.05, 0.1) is 6.61 Å². The van der Waals surface area contributed by atoms with Crippen LogP contribution in [0.3, 0.4) is 0 Å². The highest BCUT2D eigenvalue weighted by atomic mass is 16.5. The van der Waals surface area contributed by atoms with Crippen LogP contribution in [0.15, 0.2) is 24.3 Å². The Balaban J connectivity index is 1.84. The Labute approximate surface area is 129 Å². The molecule has 0 aromatic heterocycles. The quantitative estimate of drug-likeness (QED) is 0.832. The molecule has 3 nitrogen and oxygen atoms in total. The molecular weight excluding hydrogens is 260 g/mol. The summed E-state index contributed by atoms with van der Waals surface area (Å²) in [5.41, 5.74) is 1.67. The molecular formula is C18H30N2O. The van der Waals surface area contributed by atoms with Gasteiger partial charge in [-0.15, -0.1) is 0 Å². The molecule has 0 unspecified atom stereocenters. The fourth-order valence-electron chi connectivity index (χ4n) is 3.30. The number of hydrogen-bond acceptors (Lipinski definition) is 3. The molecule has 0 bridgehead atoms. The smallest absolute Gasteiger partial charge is 0.119 e. The normalized spacial score (nSPS) is 17.9. The molecule has 0 saturated heterocycles. The van der Waals surface area contributed by atoms with E-state index in [2.05, 4.69) is 48.6 Å². The maximum absolute atomic E-state index is 5.48. The fourth-order valence-corrected chi connectivity index (χ4v) is 3.30. The third kappa shape index (κ3) is 4.45. The second-order valence-corrected chi connectivity index (χ2v) is 6.36. The van der Waals surface area contributed by atoms with Crippen LogP contribution >= 0.6 is 0 Å². The summed E-state index contributed by atoms with van der Waals surface area (Å²) in [6.45, 7) is 4.75. The minimum Gasteiger partial charge on any atom is -0.494 e. The lowest BCUT2D eigenvalue weighted by Gasteiger charge is -2.43. The zero-order valence-corrected chi connectivity index (χ0v) is 13.8. The maximum atomic E-state index is 5.48. The molecule has 0 aliphatic heterocycles. The maximum Gasteiger partial charge on any atom is 0.119 e. The van der Waals surface area contributed by atoms with Gasteiger partial charge in [0, 0.05) is 18.6 Å². The molecule has 21 heavy (non-hydrogen) atoms. The van der Waals surface area contributed by atoms with Gasteiger partial charge in [-0.3, -0.25) is 0 Å². The van der Waals surface area contributed by atoms with Crippen molar-refractivity contribution >= 4 is 0 Å². The Hall–Kier alpha value is -1.06. The van der Waals surface area contributed by atoms with Gasteiger partial charge in [-0.2, -0.15) is 0 Å². The lowest BCUT2D eigenvalue weighted by molar-refractivity contribution is 0.0984. The van der Waals surface area contributed by atoms with E-state index in [1.807, 2.05) is 6.92 Å². The van der Waals surface area contributed by atoms with E-state index in [0.29, 0.717) is 5.54 Å². The molecule has 0 amide bonds. The van der Waals surface area contributed by atoms with Crippen molar-refractivity contribution in [2.24, 2.45) is 0 Å². The first kappa shape index (κ1) is 16.3. The third-order valence-corrected chi connectivity index (χ3v) is 4.75. The molecule has 0 spiro atoms. The Morgan fingerprint density at radius 2 is 1.76 bits per heavy atom. The van der Waals surface area contributed by atoms with Gasteiger partial charge < -0.3 is 15.0 Å². The second-order valence-electron chi connectivity index (χ2n) is 6.36. The molecule has 0 radical (unpaired) electrons. The molecule has 2 rings (SSSR count). The zero-order chi connectivity index (χ0) is 15.1. The number of benzene rings is 1. The summed E-state index contributed by atoms with van der Waals surface area (Å²) in [5, 5.41) is 3.66. The highest BCUT2D eigenvalue weighted by Gasteiger charge is 2.33. The van der Waals surface area contributed by atoms with Crippen LogP contribution in [0.4, 0.5) is 0 Å². The molecule has 3 heteroatoms. The second kappa shape index (κ2) is 7.81. The van der Waals surface area contributed by atoms with Gasteiger partial charge in [-0.25, -0.2) is 0 Å². The van der Waals surface area contributed by atoms with Crippen molar-refractivity contribution < 1.29 is 4.74 Å². The molecule has 1 aliphatic carbocycles. The van der Waals surface area contributed by atoms with Gasteiger partial charge in [-0.05, 0) is 51.6 Å². The van der Waals surface area contributed by atoms with Gasteiger partial charge in [0.25, 0.3) is 0 Å².